The van der Waals surface area contributed by atoms with Crippen molar-refractivity contribution in [2.45, 2.75) is 32.9 Å². The summed E-state index contributed by atoms with van der Waals surface area (Å²) in [4.78, 5) is 27.4. The van der Waals surface area contributed by atoms with Crippen LogP contribution in [0.2, 0.25) is 0 Å². The summed E-state index contributed by atoms with van der Waals surface area (Å²) >= 11 is 0. The van der Waals surface area contributed by atoms with Crippen LogP contribution in [0, 0.1) is 0 Å². The van der Waals surface area contributed by atoms with Crippen LogP contribution in [0.5, 0.6) is 11.5 Å². The summed E-state index contributed by atoms with van der Waals surface area (Å²) in [6.45, 7) is 5.97. The van der Waals surface area contributed by atoms with Crippen LogP contribution in [-0.2, 0) is 16.1 Å². The molecule has 0 atom stereocenters. The molecule has 0 radical (unpaired) electrons. The number of rotatable bonds is 7. The van der Waals surface area contributed by atoms with Crippen LogP contribution < -0.4 is 4.74 Å². The van der Waals surface area contributed by atoms with Gasteiger partial charge in [-0.25, -0.2) is 4.79 Å². The Morgan fingerprint density at radius 1 is 0.806 bits per heavy atom. The number of carbonyl (C=O) groups is 2. The molecule has 1 amide bonds. The van der Waals surface area contributed by atoms with Gasteiger partial charge in [0.2, 0.25) is 0 Å². The van der Waals surface area contributed by atoms with Crippen molar-refractivity contribution in [2.24, 2.45) is 0 Å². The topological polar surface area (TPSA) is 55.8 Å². The average molecular weight is 418 g/mol. The molecule has 0 saturated heterocycles. The van der Waals surface area contributed by atoms with Gasteiger partial charge in [-0.1, -0.05) is 60.7 Å². The largest absolute Gasteiger partial charge is 0.456 e. The van der Waals surface area contributed by atoms with E-state index in [1.807, 2.05) is 69.3 Å². The molecule has 0 aliphatic heterocycles. The Balaban J connectivity index is 1.68. The molecule has 160 valence electrons. The van der Waals surface area contributed by atoms with Crippen LogP contribution in [0.15, 0.2) is 84.9 Å². The predicted octanol–water partition coefficient (Wildman–Crippen LogP) is 5.46. The molecule has 0 aliphatic carbocycles. The second-order valence-electron chi connectivity index (χ2n) is 8.12. The van der Waals surface area contributed by atoms with Crippen LogP contribution in [0.4, 0.5) is 0 Å². The van der Waals surface area contributed by atoms with E-state index in [9.17, 15) is 9.59 Å². The van der Waals surface area contributed by atoms with E-state index < -0.39 is 11.5 Å². The first-order valence-electron chi connectivity index (χ1n) is 10.2. The molecular formula is C26H27NO4. The summed E-state index contributed by atoms with van der Waals surface area (Å²) in [6.07, 6.45) is 0. The molecule has 31 heavy (non-hydrogen) atoms. The lowest BCUT2D eigenvalue weighted by Gasteiger charge is -2.35. The number of amides is 1. The van der Waals surface area contributed by atoms with E-state index in [0.717, 1.165) is 5.56 Å². The Labute approximate surface area is 183 Å². The number of benzene rings is 3. The minimum Gasteiger partial charge on any atom is -0.456 e. The van der Waals surface area contributed by atoms with Crippen LogP contribution in [-0.4, -0.2) is 28.9 Å². The Morgan fingerprint density at radius 3 is 2.03 bits per heavy atom. The van der Waals surface area contributed by atoms with Gasteiger partial charge >= 0.3 is 5.97 Å². The predicted molar refractivity (Wildman–Crippen MR) is 120 cm³/mol. The number of hydrogen-bond donors (Lipinski definition) is 0. The number of carbonyl (C=O) groups excluding carboxylic acids is 2. The van der Waals surface area contributed by atoms with Crippen LogP contribution >= 0.6 is 0 Å². The van der Waals surface area contributed by atoms with E-state index in [0.29, 0.717) is 18.0 Å². The van der Waals surface area contributed by atoms with Crippen molar-refractivity contribution in [1.82, 2.24) is 4.90 Å². The van der Waals surface area contributed by atoms with E-state index in [2.05, 4.69) is 0 Å². The molecule has 0 N–H and O–H groups in total. The second-order valence-corrected chi connectivity index (χ2v) is 8.12. The molecule has 3 rings (SSSR count). The van der Waals surface area contributed by atoms with Crippen LogP contribution in [0.25, 0.3) is 0 Å². The number of hydrogen-bond acceptors (Lipinski definition) is 4. The van der Waals surface area contributed by atoms with Gasteiger partial charge in [0, 0.05) is 12.1 Å². The van der Waals surface area contributed by atoms with Gasteiger partial charge in [0.25, 0.3) is 5.91 Å². The zero-order chi connectivity index (χ0) is 22.3. The highest BCUT2D eigenvalue weighted by Crippen LogP contribution is 2.26. The Hall–Kier alpha value is -3.60. The molecule has 0 bridgehead atoms. The highest BCUT2D eigenvalue weighted by molar-refractivity contribution is 5.94. The average Bonchev–Trinajstić information content (AvgIpc) is 2.76. The number of esters is 1. The molecule has 0 spiro atoms. The lowest BCUT2D eigenvalue weighted by molar-refractivity contribution is -0.140. The van der Waals surface area contributed by atoms with Gasteiger partial charge in [0.15, 0.2) is 6.61 Å². The maximum absolute atomic E-state index is 12.9. The van der Waals surface area contributed by atoms with Crippen molar-refractivity contribution in [3.63, 3.8) is 0 Å². The smallest absolute Gasteiger partial charge is 0.342 e. The van der Waals surface area contributed by atoms with Gasteiger partial charge in [-0.3, -0.25) is 4.79 Å². The summed E-state index contributed by atoms with van der Waals surface area (Å²) in [6, 6.07) is 25.8. The van der Waals surface area contributed by atoms with Crippen molar-refractivity contribution >= 4 is 11.9 Å². The molecule has 0 unspecified atom stereocenters. The maximum Gasteiger partial charge on any atom is 0.342 e. The standard InChI is InChI=1S/C26H27NO4/c1-26(2,3)27(18-20-12-6-4-7-13-20)24(28)19-30-25(29)22-16-10-11-17-23(22)31-21-14-8-5-9-15-21/h4-17H,18-19H2,1-3H3. The first-order chi connectivity index (χ1) is 14.8. The third-order valence-corrected chi connectivity index (χ3v) is 4.70. The van der Waals surface area contributed by atoms with Crippen molar-refractivity contribution in [3.05, 3.63) is 96.1 Å². The van der Waals surface area contributed by atoms with E-state index in [1.165, 1.54) is 0 Å². The van der Waals surface area contributed by atoms with Gasteiger partial charge in [0.05, 0.1) is 0 Å². The van der Waals surface area contributed by atoms with Crippen molar-refractivity contribution < 1.29 is 19.1 Å². The first-order valence-corrected chi connectivity index (χ1v) is 10.2. The molecule has 5 heteroatoms. The van der Waals surface area contributed by atoms with Gasteiger partial charge in [-0.2, -0.15) is 0 Å². The Kier molecular flexibility index (Phi) is 7.08. The molecule has 0 heterocycles. The molecule has 0 saturated carbocycles. The normalized spacial score (nSPS) is 10.9. The molecule has 3 aromatic carbocycles. The zero-order valence-corrected chi connectivity index (χ0v) is 18.1. The first kappa shape index (κ1) is 22.1. The third-order valence-electron chi connectivity index (χ3n) is 4.70. The van der Waals surface area contributed by atoms with E-state index in [-0.39, 0.29) is 18.1 Å². The maximum atomic E-state index is 12.9. The molecule has 3 aromatic rings. The molecule has 5 nitrogen and oxygen atoms in total. The Bertz CT molecular complexity index is 1010. The van der Waals surface area contributed by atoms with Crippen LogP contribution in [0.3, 0.4) is 0 Å². The van der Waals surface area contributed by atoms with Gasteiger partial charge in [-0.05, 0) is 50.6 Å². The number of ether oxygens (including phenoxy) is 2. The van der Waals surface area contributed by atoms with Crippen LogP contribution in [0.1, 0.15) is 36.7 Å². The monoisotopic (exact) mass is 417 g/mol. The fraction of sp³-hybridized carbons (Fsp3) is 0.231. The summed E-state index contributed by atoms with van der Waals surface area (Å²) in [5.74, 6) is 0.128. The highest BCUT2D eigenvalue weighted by atomic mass is 16.5. The Morgan fingerprint density at radius 2 is 1.39 bits per heavy atom. The van der Waals surface area contributed by atoms with E-state index in [4.69, 9.17) is 9.47 Å². The third kappa shape index (κ3) is 6.19. The highest BCUT2D eigenvalue weighted by Gasteiger charge is 2.27. The lowest BCUT2D eigenvalue weighted by Crippen LogP contribution is -2.46. The molecule has 0 aliphatic rings. The minimum atomic E-state index is -0.603. The molecular weight excluding hydrogens is 390 g/mol. The van der Waals surface area contributed by atoms with E-state index in [1.54, 1.807) is 41.3 Å². The summed E-state index contributed by atoms with van der Waals surface area (Å²) in [7, 11) is 0. The number of para-hydroxylation sites is 2. The van der Waals surface area contributed by atoms with Crippen molar-refractivity contribution in [3.8, 4) is 11.5 Å². The lowest BCUT2D eigenvalue weighted by atomic mass is 10.0. The number of nitrogens with zero attached hydrogens (tertiary/aromatic N) is 1. The zero-order valence-electron chi connectivity index (χ0n) is 18.1. The van der Waals surface area contributed by atoms with Crippen molar-refractivity contribution in [2.75, 3.05) is 6.61 Å². The quantitative estimate of drug-likeness (QED) is 0.479. The molecule has 0 fully saturated rings. The van der Waals surface area contributed by atoms with Gasteiger partial charge < -0.3 is 14.4 Å². The van der Waals surface area contributed by atoms with Gasteiger partial charge in [-0.15, -0.1) is 0 Å². The minimum absolute atomic E-state index is 0.258. The summed E-state index contributed by atoms with van der Waals surface area (Å²) < 4.78 is 11.2. The summed E-state index contributed by atoms with van der Waals surface area (Å²) in [5, 5.41) is 0. The van der Waals surface area contributed by atoms with Gasteiger partial charge in [0.1, 0.15) is 17.1 Å². The summed E-state index contributed by atoms with van der Waals surface area (Å²) in [5.41, 5.74) is 0.858. The van der Waals surface area contributed by atoms with E-state index >= 15 is 0 Å². The fourth-order valence-corrected chi connectivity index (χ4v) is 3.09. The molecule has 0 aromatic heterocycles. The fourth-order valence-electron chi connectivity index (χ4n) is 3.09. The second kappa shape index (κ2) is 9.94. The van der Waals surface area contributed by atoms with Crippen molar-refractivity contribution in [1.29, 1.82) is 0 Å². The SMILES string of the molecule is CC(C)(C)N(Cc1ccccc1)C(=O)COC(=O)c1ccccc1Oc1ccccc1.